The zero-order valence-electron chi connectivity index (χ0n) is 8.63. The van der Waals surface area contributed by atoms with Gasteiger partial charge < -0.3 is 10.5 Å². The van der Waals surface area contributed by atoms with E-state index >= 15 is 0 Å². The summed E-state index contributed by atoms with van der Waals surface area (Å²) in [6.07, 6.45) is 1.47. The number of hydrogen-bond donors (Lipinski definition) is 1. The van der Waals surface area contributed by atoms with Gasteiger partial charge in [-0.1, -0.05) is 0 Å². The van der Waals surface area contributed by atoms with Gasteiger partial charge in [0.25, 0.3) is 0 Å². The third-order valence-corrected chi connectivity index (χ3v) is 2.37. The molecule has 2 nitrogen and oxygen atoms in total. The zero-order valence-corrected chi connectivity index (χ0v) is 9.44. The molecule has 2 N–H and O–H groups in total. The minimum Gasteiger partial charge on any atom is -0.493 e. The van der Waals surface area contributed by atoms with Crippen LogP contribution >= 0.6 is 12.4 Å². The molecule has 0 aliphatic carbocycles. The quantitative estimate of drug-likeness (QED) is 0.846. The highest BCUT2D eigenvalue weighted by atomic mass is 35.5. The highest BCUT2D eigenvalue weighted by Gasteiger charge is 2.18. The maximum atomic E-state index is 13.2. The van der Waals surface area contributed by atoms with Crippen LogP contribution in [0.2, 0.25) is 0 Å². The summed E-state index contributed by atoms with van der Waals surface area (Å²) < 4.78 is 18.6. The Kier molecular flexibility index (Phi) is 3.94. The molecule has 84 valence electrons. The fraction of sp³-hybridized carbons (Fsp3) is 0.455. The molecular formula is C11H15ClFNO. The number of hydrogen-bond acceptors (Lipinski definition) is 2. The molecular weight excluding hydrogens is 217 g/mol. The number of fused-ring (bicyclic) bond motifs is 1. The number of ether oxygens (including phenoxy) is 1. The predicted molar refractivity (Wildman–Crippen MR) is 60.2 cm³/mol. The van der Waals surface area contributed by atoms with Crippen LogP contribution in [0.3, 0.4) is 0 Å². The molecule has 0 aromatic heterocycles. The fourth-order valence-electron chi connectivity index (χ4n) is 1.84. The molecule has 1 aromatic rings. The molecule has 1 aromatic carbocycles. The Balaban J connectivity index is 0.00000112. The summed E-state index contributed by atoms with van der Waals surface area (Å²) in [6, 6.07) is 3.10. The first-order chi connectivity index (χ1) is 6.66. The van der Waals surface area contributed by atoms with E-state index in [-0.39, 0.29) is 24.3 Å². The van der Waals surface area contributed by atoms with E-state index in [2.05, 4.69) is 0 Å². The van der Waals surface area contributed by atoms with Gasteiger partial charge in [-0.05, 0) is 31.0 Å². The molecule has 1 atom stereocenters. The molecule has 0 amide bonds. The number of benzene rings is 1. The van der Waals surface area contributed by atoms with Gasteiger partial charge in [-0.3, -0.25) is 0 Å². The fourth-order valence-corrected chi connectivity index (χ4v) is 1.84. The molecule has 4 heteroatoms. The lowest BCUT2D eigenvalue weighted by atomic mass is 10.0. The van der Waals surface area contributed by atoms with Gasteiger partial charge in [-0.15, -0.1) is 12.4 Å². The van der Waals surface area contributed by atoms with E-state index in [1.165, 1.54) is 6.07 Å². The summed E-state index contributed by atoms with van der Waals surface area (Å²) in [5, 5.41) is 0. The van der Waals surface area contributed by atoms with Crippen molar-refractivity contribution in [3.05, 3.63) is 29.1 Å². The molecule has 0 saturated heterocycles. The molecule has 15 heavy (non-hydrogen) atoms. The van der Waals surface area contributed by atoms with E-state index in [1.54, 1.807) is 6.07 Å². The van der Waals surface area contributed by atoms with Crippen LogP contribution in [0.4, 0.5) is 4.39 Å². The second kappa shape index (κ2) is 4.81. The third kappa shape index (κ3) is 2.61. The second-order valence-electron chi connectivity index (χ2n) is 3.83. The monoisotopic (exact) mass is 231 g/mol. The molecule has 0 bridgehead atoms. The van der Waals surface area contributed by atoms with Crippen LogP contribution in [-0.4, -0.2) is 12.6 Å². The van der Waals surface area contributed by atoms with Gasteiger partial charge in [-0.25, -0.2) is 4.39 Å². The smallest absolute Gasteiger partial charge is 0.126 e. The normalized spacial score (nSPS) is 15.1. The zero-order chi connectivity index (χ0) is 10.1. The standard InChI is InChI=1S/C11H14FNO.ClH/c1-7(13)4-9-6-10(12)5-8-2-3-14-11(8)9;/h5-7H,2-4,13H2,1H3;1H. The van der Waals surface area contributed by atoms with Gasteiger partial charge in [0.05, 0.1) is 6.61 Å². The number of rotatable bonds is 2. The van der Waals surface area contributed by atoms with E-state index in [0.717, 1.165) is 23.3 Å². The van der Waals surface area contributed by atoms with Crippen LogP contribution < -0.4 is 10.5 Å². The van der Waals surface area contributed by atoms with Gasteiger partial charge >= 0.3 is 0 Å². The first-order valence-electron chi connectivity index (χ1n) is 4.86. The highest BCUT2D eigenvalue weighted by Crippen LogP contribution is 2.31. The lowest BCUT2D eigenvalue weighted by Crippen LogP contribution is -2.18. The summed E-state index contributed by atoms with van der Waals surface area (Å²) in [4.78, 5) is 0. The predicted octanol–water partition coefficient (Wildman–Crippen LogP) is 2.07. The third-order valence-electron chi connectivity index (χ3n) is 2.37. The van der Waals surface area contributed by atoms with Crippen molar-refractivity contribution in [2.75, 3.05) is 6.61 Å². The van der Waals surface area contributed by atoms with Gasteiger partial charge in [0.1, 0.15) is 11.6 Å². The second-order valence-corrected chi connectivity index (χ2v) is 3.83. The molecule has 1 aliphatic heterocycles. The Bertz CT molecular complexity index is 355. The Morgan fingerprint density at radius 2 is 2.27 bits per heavy atom. The van der Waals surface area contributed by atoms with Gasteiger partial charge in [0.2, 0.25) is 0 Å². The Morgan fingerprint density at radius 1 is 1.53 bits per heavy atom. The van der Waals surface area contributed by atoms with Crippen LogP contribution in [0.15, 0.2) is 12.1 Å². The lowest BCUT2D eigenvalue weighted by molar-refractivity contribution is 0.352. The molecule has 1 aliphatic rings. The van der Waals surface area contributed by atoms with Crippen LogP contribution in [0.25, 0.3) is 0 Å². The average molecular weight is 232 g/mol. The van der Waals surface area contributed by atoms with Gasteiger partial charge in [0.15, 0.2) is 0 Å². The Morgan fingerprint density at radius 3 is 2.93 bits per heavy atom. The van der Waals surface area contributed by atoms with Crippen molar-refractivity contribution in [1.82, 2.24) is 0 Å². The van der Waals surface area contributed by atoms with Crippen molar-refractivity contribution >= 4 is 12.4 Å². The molecule has 1 heterocycles. The van der Waals surface area contributed by atoms with Crippen LogP contribution in [-0.2, 0) is 12.8 Å². The summed E-state index contributed by atoms with van der Waals surface area (Å²) in [6.45, 7) is 2.57. The Hall–Kier alpha value is -0.800. The van der Waals surface area contributed by atoms with Crippen LogP contribution in [0, 0.1) is 5.82 Å². The van der Waals surface area contributed by atoms with E-state index in [0.29, 0.717) is 13.0 Å². The van der Waals surface area contributed by atoms with E-state index in [4.69, 9.17) is 10.5 Å². The van der Waals surface area contributed by atoms with E-state index < -0.39 is 0 Å². The van der Waals surface area contributed by atoms with Gasteiger partial charge in [-0.2, -0.15) is 0 Å². The minimum absolute atomic E-state index is 0. The highest BCUT2D eigenvalue weighted by molar-refractivity contribution is 5.85. The number of halogens is 2. The molecule has 0 spiro atoms. The summed E-state index contributed by atoms with van der Waals surface area (Å²) >= 11 is 0. The van der Waals surface area contributed by atoms with Crippen molar-refractivity contribution in [3.63, 3.8) is 0 Å². The minimum atomic E-state index is -0.190. The molecule has 2 rings (SSSR count). The maximum absolute atomic E-state index is 13.2. The van der Waals surface area contributed by atoms with Crippen molar-refractivity contribution in [2.24, 2.45) is 5.73 Å². The largest absolute Gasteiger partial charge is 0.493 e. The average Bonchev–Trinajstić information content (AvgIpc) is 2.50. The van der Waals surface area contributed by atoms with Crippen molar-refractivity contribution in [3.8, 4) is 5.75 Å². The lowest BCUT2D eigenvalue weighted by Gasteiger charge is -2.10. The van der Waals surface area contributed by atoms with Crippen molar-refractivity contribution in [2.45, 2.75) is 25.8 Å². The topological polar surface area (TPSA) is 35.2 Å². The van der Waals surface area contributed by atoms with E-state index in [1.807, 2.05) is 6.92 Å². The first kappa shape index (κ1) is 12.3. The Labute approximate surface area is 95.0 Å². The van der Waals surface area contributed by atoms with Crippen molar-refractivity contribution < 1.29 is 9.13 Å². The molecule has 0 fully saturated rings. The maximum Gasteiger partial charge on any atom is 0.126 e. The first-order valence-corrected chi connectivity index (χ1v) is 4.86. The van der Waals surface area contributed by atoms with Crippen molar-refractivity contribution in [1.29, 1.82) is 0 Å². The summed E-state index contributed by atoms with van der Waals surface area (Å²) in [5.74, 6) is 0.661. The summed E-state index contributed by atoms with van der Waals surface area (Å²) in [5.41, 5.74) is 7.56. The van der Waals surface area contributed by atoms with E-state index in [9.17, 15) is 4.39 Å². The van der Waals surface area contributed by atoms with Gasteiger partial charge in [0, 0.05) is 18.0 Å². The molecule has 1 unspecified atom stereocenters. The van der Waals surface area contributed by atoms with Crippen LogP contribution in [0.1, 0.15) is 18.1 Å². The SMILES string of the molecule is CC(N)Cc1cc(F)cc2c1OCC2.Cl. The molecule has 0 radical (unpaired) electrons. The number of nitrogens with two attached hydrogens (primary N) is 1. The molecule has 0 saturated carbocycles. The van der Waals surface area contributed by atoms with Crippen LogP contribution in [0.5, 0.6) is 5.75 Å². The summed E-state index contributed by atoms with van der Waals surface area (Å²) in [7, 11) is 0.